The summed E-state index contributed by atoms with van der Waals surface area (Å²) in [5, 5.41) is 21.7. The Morgan fingerprint density at radius 2 is 2.19 bits per heavy atom. The molecule has 0 aliphatic heterocycles. The van der Waals surface area contributed by atoms with E-state index in [1.165, 1.54) is 11.1 Å². The molecule has 0 fully saturated rings. The van der Waals surface area contributed by atoms with E-state index in [4.69, 9.17) is 5.11 Å². The number of fused-ring (bicyclic) bond motifs is 1. The lowest BCUT2D eigenvalue weighted by Gasteiger charge is -2.31. The second-order valence-corrected chi connectivity index (χ2v) is 4.89. The van der Waals surface area contributed by atoms with Gasteiger partial charge in [-0.15, -0.1) is 0 Å². The molecule has 2 atom stereocenters. The number of benzene rings is 1. The normalized spacial score (nSPS) is 22.1. The molecule has 16 heavy (non-hydrogen) atoms. The smallest absolute Gasteiger partial charge is 0.0972 e. The number of hydrogen-bond donors (Lipinski definition) is 3. The van der Waals surface area contributed by atoms with E-state index >= 15 is 0 Å². The minimum atomic E-state index is -1.01. The highest BCUT2D eigenvalue weighted by atomic mass is 16.3. The molecule has 0 amide bonds. The zero-order valence-corrected chi connectivity index (χ0v) is 9.61. The first-order valence-corrected chi connectivity index (χ1v) is 5.74. The number of nitrogens with one attached hydrogen (secondary N) is 1. The van der Waals surface area contributed by atoms with Crippen LogP contribution in [0.2, 0.25) is 0 Å². The molecule has 1 aromatic rings. The van der Waals surface area contributed by atoms with Crippen LogP contribution in [0, 0.1) is 0 Å². The van der Waals surface area contributed by atoms with Crippen LogP contribution < -0.4 is 5.32 Å². The monoisotopic (exact) mass is 221 g/mol. The number of rotatable bonds is 5. The van der Waals surface area contributed by atoms with Gasteiger partial charge in [0.1, 0.15) is 0 Å². The van der Waals surface area contributed by atoms with Crippen molar-refractivity contribution in [3.05, 3.63) is 35.4 Å². The summed E-state index contributed by atoms with van der Waals surface area (Å²) in [4.78, 5) is 0. The fraction of sp³-hybridized carbons (Fsp3) is 0.538. The fourth-order valence-corrected chi connectivity index (χ4v) is 2.12. The lowest BCUT2D eigenvalue weighted by atomic mass is 9.77. The van der Waals surface area contributed by atoms with Gasteiger partial charge in [-0.25, -0.2) is 0 Å². The topological polar surface area (TPSA) is 52.5 Å². The average Bonchev–Trinajstić information content (AvgIpc) is 2.25. The van der Waals surface area contributed by atoms with E-state index in [-0.39, 0.29) is 6.61 Å². The van der Waals surface area contributed by atoms with E-state index in [2.05, 4.69) is 29.6 Å². The second-order valence-electron chi connectivity index (χ2n) is 4.89. The first-order chi connectivity index (χ1) is 7.62. The molecule has 0 spiro atoms. The third-order valence-electron chi connectivity index (χ3n) is 3.20. The summed E-state index contributed by atoms with van der Waals surface area (Å²) in [6.07, 6.45) is 1.12. The molecule has 3 heteroatoms. The zero-order valence-electron chi connectivity index (χ0n) is 9.61. The predicted octanol–water partition coefficient (Wildman–Crippen LogP) is 0.659. The van der Waals surface area contributed by atoms with E-state index in [1.54, 1.807) is 6.92 Å². The molecule has 0 bridgehead atoms. The van der Waals surface area contributed by atoms with Gasteiger partial charge in [0.05, 0.1) is 12.2 Å². The largest absolute Gasteiger partial charge is 0.393 e. The maximum absolute atomic E-state index is 9.61. The first kappa shape index (κ1) is 11.6. The van der Waals surface area contributed by atoms with Crippen molar-refractivity contribution in [2.24, 2.45) is 0 Å². The minimum Gasteiger partial charge on any atom is -0.393 e. The van der Waals surface area contributed by atoms with E-state index in [1.807, 2.05) is 0 Å². The standard InChI is InChI=1S/C13H19NO2/c1-13(16,9-15)8-14-7-11-6-10-4-2-3-5-12(10)11/h2-5,11,14-16H,6-9H2,1H3. The summed E-state index contributed by atoms with van der Waals surface area (Å²) in [6.45, 7) is 2.73. The van der Waals surface area contributed by atoms with Crippen molar-refractivity contribution in [2.45, 2.75) is 24.9 Å². The van der Waals surface area contributed by atoms with Crippen molar-refractivity contribution in [1.82, 2.24) is 5.32 Å². The molecular weight excluding hydrogens is 202 g/mol. The van der Waals surface area contributed by atoms with Gasteiger partial charge >= 0.3 is 0 Å². The Morgan fingerprint density at radius 1 is 1.44 bits per heavy atom. The molecule has 2 unspecified atom stereocenters. The van der Waals surface area contributed by atoms with Crippen LogP contribution in [0.15, 0.2) is 24.3 Å². The molecule has 1 aromatic carbocycles. The summed E-state index contributed by atoms with van der Waals surface area (Å²) in [6, 6.07) is 8.46. The van der Waals surface area contributed by atoms with Gasteiger partial charge in [-0.2, -0.15) is 0 Å². The van der Waals surface area contributed by atoms with Crippen molar-refractivity contribution in [2.75, 3.05) is 19.7 Å². The summed E-state index contributed by atoms with van der Waals surface area (Å²) >= 11 is 0. The third kappa shape index (κ3) is 2.43. The van der Waals surface area contributed by atoms with Crippen molar-refractivity contribution in [3.63, 3.8) is 0 Å². The molecule has 0 saturated carbocycles. The highest BCUT2D eigenvalue weighted by Gasteiger charge is 2.26. The van der Waals surface area contributed by atoms with E-state index < -0.39 is 5.60 Å². The summed E-state index contributed by atoms with van der Waals surface area (Å²) in [5.74, 6) is 0.561. The summed E-state index contributed by atoms with van der Waals surface area (Å²) in [5.41, 5.74) is 1.84. The second kappa shape index (κ2) is 4.53. The zero-order chi connectivity index (χ0) is 11.6. The van der Waals surface area contributed by atoms with Crippen LogP contribution in [0.4, 0.5) is 0 Å². The molecule has 3 N–H and O–H groups in total. The summed E-state index contributed by atoms with van der Waals surface area (Å²) in [7, 11) is 0. The molecular formula is C13H19NO2. The van der Waals surface area contributed by atoms with Gasteiger partial charge < -0.3 is 15.5 Å². The minimum absolute atomic E-state index is 0.207. The number of aliphatic hydroxyl groups excluding tert-OH is 1. The Labute approximate surface area is 96.1 Å². The lowest BCUT2D eigenvalue weighted by molar-refractivity contribution is 0.00256. The Kier molecular flexibility index (Phi) is 3.28. The fourth-order valence-electron chi connectivity index (χ4n) is 2.12. The van der Waals surface area contributed by atoms with Crippen molar-refractivity contribution in [3.8, 4) is 0 Å². The molecule has 0 heterocycles. The van der Waals surface area contributed by atoms with Crippen molar-refractivity contribution in [1.29, 1.82) is 0 Å². The van der Waals surface area contributed by atoms with Crippen molar-refractivity contribution < 1.29 is 10.2 Å². The molecule has 2 rings (SSSR count). The highest BCUT2D eigenvalue weighted by molar-refractivity contribution is 5.40. The van der Waals surface area contributed by atoms with Crippen LogP contribution in [0.3, 0.4) is 0 Å². The molecule has 3 nitrogen and oxygen atoms in total. The Bertz CT molecular complexity index is 363. The molecule has 0 saturated heterocycles. The maximum Gasteiger partial charge on any atom is 0.0972 e. The van der Waals surface area contributed by atoms with Gasteiger partial charge in [0.2, 0.25) is 0 Å². The van der Waals surface area contributed by atoms with Gasteiger partial charge in [0, 0.05) is 19.0 Å². The predicted molar refractivity (Wildman–Crippen MR) is 63.5 cm³/mol. The van der Waals surface area contributed by atoms with Gasteiger partial charge in [0.25, 0.3) is 0 Å². The Hall–Kier alpha value is -0.900. The first-order valence-electron chi connectivity index (χ1n) is 5.74. The molecule has 0 radical (unpaired) electrons. The third-order valence-corrected chi connectivity index (χ3v) is 3.20. The molecule has 0 aromatic heterocycles. The van der Waals surface area contributed by atoms with E-state index in [0.29, 0.717) is 12.5 Å². The Morgan fingerprint density at radius 3 is 2.88 bits per heavy atom. The van der Waals surface area contributed by atoms with Gasteiger partial charge in [-0.3, -0.25) is 0 Å². The lowest BCUT2D eigenvalue weighted by Crippen LogP contribution is -2.43. The molecule has 88 valence electrons. The van der Waals surface area contributed by atoms with Gasteiger partial charge in [-0.05, 0) is 24.5 Å². The van der Waals surface area contributed by atoms with Crippen LogP contribution in [0.1, 0.15) is 24.0 Å². The number of hydrogen-bond acceptors (Lipinski definition) is 3. The van der Waals surface area contributed by atoms with Crippen molar-refractivity contribution >= 4 is 0 Å². The highest BCUT2D eigenvalue weighted by Crippen LogP contribution is 2.33. The van der Waals surface area contributed by atoms with Gasteiger partial charge in [-0.1, -0.05) is 24.3 Å². The van der Waals surface area contributed by atoms with E-state index in [0.717, 1.165) is 13.0 Å². The quantitative estimate of drug-likeness (QED) is 0.684. The van der Waals surface area contributed by atoms with Crippen LogP contribution in [-0.2, 0) is 6.42 Å². The van der Waals surface area contributed by atoms with Crippen LogP contribution in [-0.4, -0.2) is 35.5 Å². The summed E-state index contributed by atoms with van der Waals surface area (Å²) < 4.78 is 0. The average molecular weight is 221 g/mol. The van der Waals surface area contributed by atoms with E-state index in [9.17, 15) is 5.11 Å². The molecule has 1 aliphatic carbocycles. The van der Waals surface area contributed by atoms with Crippen LogP contribution in [0.5, 0.6) is 0 Å². The SMILES string of the molecule is CC(O)(CO)CNCC1Cc2ccccc21. The number of aliphatic hydroxyl groups is 2. The van der Waals surface area contributed by atoms with Crippen LogP contribution in [0.25, 0.3) is 0 Å². The van der Waals surface area contributed by atoms with Gasteiger partial charge in [0.15, 0.2) is 0 Å². The maximum atomic E-state index is 9.61. The Balaban J connectivity index is 1.78. The van der Waals surface area contributed by atoms with Crippen LogP contribution >= 0.6 is 0 Å². The molecule has 1 aliphatic rings.